The maximum atomic E-state index is 12.4. The van der Waals surface area contributed by atoms with Gasteiger partial charge in [0.1, 0.15) is 5.69 Å². The summed E-state index contributed by atoms with van der Waals surface area (Å²) in [5.74, 6) is 0.781. The van der Waals surface area contributed by atoms with Gasteiger partial charge in [0.2, 0.25) is 0 Å². The molecule has 2 aromatic rings. The number of hydrogen-bond donors (Lipinski definition) is 2. The molecule has 2 aromatic carbocycles. The van der Waals surface area contributed by atoms with E-state index < -0.39 is 4.92 Å². The Morgan fingerprint density at radius 2 is 1.89 bits per heavy atom. The van der Waals surface area contributed by atoms with Crippen molar-refractivity contribution < 1.29 is 19.2 Å². The van der Waals surface area contributed by atoms with Gasteiger partial charge in [0, 0.05) is 24.2 Å². The van der Waals surface area contributed by atoms with Crippen molar-refractivity contribution in [1.29, 1.82) is 0 Å². The highest BCUT2D eigenvalue weighted by Crippen LogP contribution is 2.31. The van der Waals surface area contributed by atoms with Crippen molar-refractivity contribution in [2.75, 3.05) is 19.5 Å². The normalized spacial score (nSPS) is 13.0. The Labute approximate surface area is 156 Å². The molecule has 142 valence electrons. The molecular weight excluding hydrogens is 350 g/mol. The molecule has 1 aliphatic rings. The van der Waals surface area contributed by atoms with Crippen molar-refractivity contribution in [1.82, 2.24) is 5.32 Å². The van der Waals surface area contributed by atoms with Crippen molar-refractivity contribution in [3.8, 4) is 11.5 Å². The van der Waals surface area contributed by atoms with Crippen LogP contribution in [0.5, 0.6) is 11.5 Å². The summed E-state index contributed by atoms with van der Waals surface area (Å²) in [4.78, 5) is 23.2. The molecule has 0 atom stereocenters. The Kier molecular flexibility index (Phi) is 5.44. The lowest BCUT2D eigenvalue weighted by molar-refractivity contribution is -0.384. The molecule has 0 heterocycles. The van der Waals surface area contributed by atoms with Crippen molar-refractivity contribution in [2.24, 2.45) is 0 Å². The van der Waals surface area contributed by atoms with Gasteiger partial charge in [0.05, 0.1) is 19.1 Å². The molecule has 8 heteroatoms. The minimum absolute atomic E-state index is 0.0966. The van der Waals surface area contributed by atoms with Crippen LogP contribution in [-0.4, -0.2) is 31.1 Å². The van der Waals surface area contributed by atoms with Crippen LogP contribution in [0.4, 0.5) is 11.4 Å². The first-order valence-corrected chi connectivity index (χ1v) is 8.56. The van der Waals surface area contributed by atoms with Crippen molar-refractivity contribution in [2.45, 2.75) is 25.4 Å². The number of benzene rings is 2. The summed E-state index contributed by atoms with van der Waals surface area (Å²) in [6.45, 7) is 0.259. The summed E-state index contributed by atoms with van der Waals surface area (Å²) in [6, 6.07) is 10.1. The number of rotatable bonds is 8. The van der Waals surface area contributed by atoms with E-state index in [-0.39, 0.29) is 29.7 Å². The lowest BCUT2D eigenvalue weighted by Crippen LogP contribution is -2.23. The first-order valence-electron chi connectivity index (χ1n) is 8.56. The Bertz CT molecular complexity index is 864. The van der Waals surface area contributed by atoms with Crippen LogP contribution >= 0.6 is 0 Å². The number of amides is 1. The molecule has 1 saturated carbocycles. The van der Waals surface area contributed by atoms with E-state index in [4.69, 9.17) is 9.47 Å². The molecule has 0 unspecified atom stereocenters. The van der Waals surface area contributed by atoms with Crippen LogP contribution in [0.15, 0.2) is 36.4 Å². The summed E-state index contributed by atoms with van der Waals surface area (Å²) < 4.78 is 10.4. The van der Waals surface area contributed by atoms with E-state index in [0.29, 0.717) is 17.2 Å². The van der Waals surface area contributed by atoms with Gasteiger partial charge in [-0.15, -0.1) is 0 Å². The molecule has 0 aliphatic heterocycles. The number of nitrogens with one attached hydrogen (secondary N) is 2. The summed E-state index contributed by atoms with van der Waals surface area (Å²) in [6.07, 6.45) is 2.01. The van der Waals surface area contributed by atoms with E-state index in [9.17, 15) is 14.9 Å². The van der Waals surface area contributed by atoms with Crippen LogP contribution in [-0.2, 0) is 6.54 Å². The number of hydrogen-bond acceptors (Lipinski definition) is 6. The minimum Gasteiger partial charge on any atom is -0.493 e. The van der Waals surface area contributed by atoms with Gasteiger partial charge in [-0.25, -0.2) is 0 Å². The molecule has 2 N–H and O–H groups in total. The summed E-state index contributed by atoms with van der Waals surface area (Å²) in [7, 11) is 3.09. The van der Waals surface area contributed by atoms with E-state index in [1.807, 2.05) is 6.07 Å². The third-order valence-corrected chi connectivity index (χ3v) is 4.29. The third-order valence-electron chi connectivity index (χ3n) is 4.29. The van der Waals surface area contributed by atoms with Gasteiger partial charge in [-0.05, 0) is 42.7 Å². The molecule has 1 amide bonds. The standard InChI is InChI=1S/C19H21N3O5/c1-26-17-8-3-12(9-18(17)27-2)11-20-19(23)13-4-7-15(21-14-5-6-14)16(10-13)22(24)25/h3-4,7-10,14,21H,5-6,11H2,1-2H3,(H,20,23). The maximum absolute atomic E-state index is 12.4. The van der Waals surface area contributed by atoms with Gasteiger partial charge in [0.15, 0.2) is 11.5 Å². The van der Waals surface area contributed by atoms with Crippen LogP contribution in [0.25, 0.3) is 0 Å². The summed E-state index contributed by atoms with van der Waals surface area (Å²) >= 11 is 0. The van der Waals surface area contributed by atoms with Gasteiger partial charge in [-0.2, -0.15) is 0 Å². The number of ether oxygens (including phenoxy) is 2. The van der Waals surface area contributed by atoms with E-state index >= 15 is 0 Å². The molecule has 0 saturated heterocycles. The zero-order valence-corrected chi connectivity index (χ0v) is 15.2. The zero-order chi connectivity index (χ0) is 19.4. The van der Waals surface area contributed by atoms with E-state index in [2.05, 4.69) is 10.6 Å². The fourth-order valence-electron chi connectivity index (χ4n) is 2.67. The minimum atomic E-state index is -0.476. The number of anilines is 1. The Hall–Kier alpha value is -3.29. The van der Waals surface area contributed by atoms with Gasteiger partial charge in [-0.3, -0.25) is 14.9 Å². The average Bonchev–Trinajstić information content (AvgIpc) is 3.49. The molecular formula is C19H21N3O5. The van der Waals surface area contributed by atoms with E-state index in [1.165, 1.54) is 13.2 Å². The highest BCUT2D eigenvalue weighted by atomic mass is 16.6. The fourth-order valence-corrected chi connectivity index (χ4v) is 2.67. The second kappa shape index (κ2) is 7.94. The van der Waals surface area contributed by atoms with Crippen molar-refractivity contribution >= 4 is 17.3 Å². The van der Waals surface area contributed by atoms with Gasteiger partial charge >= 0.3 is 0 Å². The molecule has 1 aliphatic carbocycles. The zero-order valence-electron chi connectivity index (χ0n) is 15.2. The smallest absolute Gasteiger partial charge is 0.293 e. The van der Waals surface area contributed by atoms with Gasteiger partial charge in [-0.1, -0.05) is 6.07 Å². The number of nitrogens with zero attached hydrogens (tertiary/aromatic N) is 1. The molecule has 0 aromatic heterocycles. The number of nitro groups is 1. The SMILES string of the molecule is COc1ccc(CNC(=O)c2ccc(NC3CC3)c([N+](=O)[O-])c2)cc1OC. The molecule has 1 fully saturated rings. The third kappa shape index (κ3) is 4.46. The van der Waals surface area contributed by atoms with Gasteiger partial charge < -0.3 is 20.1 Å². The lowest BCUT2D eigenvalue weighted by atomic mass is 10.1. The monoisotopic (exact) mass is 371 g/mol. The van der Waals surface area contributed by atoms with Crippen LogP contribution in [0.3, 0.4) is 0 Å². The van der Waals surface area contributed by atoms with Crippen LogP contribution in [0.2, 0.25) is 0 Å². The maximum Gasteiger partial charge on any atom is 0.293 e. The van der Waals surface area contributed by atoms with Gasteiger partial charge in [0.25, 0.3) is 11.6 Å². The molecule has 8 nitrogen and oxygen atoms in total. The Balaban J connectivity index is 1.70. The van der Waals surface area contributed by atoms with Crippen LogP contribution in [0, 0.1) is 10.1 Å². The highest BCUT2D eigenvalue weighted by Gasteiger charge is 2.25. The van der Waals surface area contributed by atoms with E-state index in [0.717, 1.165) is 18.4 Å². The Morgan fingerprint density at radius 1 is 1.15 bits per heavy atom. The largest absolute Gasteiger partial charge is 0.493 e. The number of nitro benzene ring substituents is 1. The first-order chi connectivity index (χ1) is 13.0. The molecule has 3 rings (SSSR count). The van der Waals surface area contributed by atoms with E-state index in [1.54, 1.807) is 31.4 Å². The van der Waals surface area contributed by atoms with Crippen molar-refractivity contribution in [3.63, 3.8) is 0 Å². The highest BCUT2D eigenvalue weighted by molar-refractivity contribution is 5.95. The Morgan fingerprint density at radius 3 is 2.52 bits per heavy atom. The fraction of sp³-hybridized carbons (Fsp3) is 0.316. The van der Waals surface area contributed by atoms with Crippen LogP contribution < -0.4 is 20.1 Å². The summed E-state index contributed by atoms with van der Waals surface area (Å²) in [5.41, 5.74) is 1.41. The molecule has 0 bridgehead atoms. The first kappa shape index (κ1) is 18.5. The predicted molar refractivity (Wildman–Crippen MR) is 100 cm³/mol. The number of carbonyl (C=O) groups excluding carboxylic acids is 1. The average molecular weight is 371 g/mol. The molecule has 0 radical (unpaired) electrons. The second-order valence-corrected chi connectivity index (χ2v) is 6.28. The van der Waals surface area contributed by atoms with Crippen molar-refractivity contribution in [3.05, 3.63) is 57.6 Å². The topological polar surface area (TPSA) is 103 Å². The summed E-state index contributed by atoms with van der Waals surface area (Å²) in [5, 5.41) is 17.2. The molecule has 0 spiro atoms. The lowest BCUT2D eigenvalue weighted by Gasteiger charge is -2.11. The number of carbonyl (C=O) groups is 1. The second-order valence-electron chi connectivity index (χ2n) is 6.28. The number of methoxy groups -OCH3 is 2. The van der Waals surface area contributed by atoms with Crippen LogP contribution in [0.1, 0.15) is 28.8 Å². The quantitative estimate of drug-likeness (QED) is 0.546. The molecule has 27 heavy (non-hydrogen) atoms. The predicted octanol–water partition coefficient (Wildman–Crippen LogP) is 3.12.